The zero-order valence-corrected chi connectivity index (χ0v) is 7.03. The van der Waals surface area contributed by atoms with Crippen LogP contribution in [0.3, 0.4) is 0 Å². The van der Waals surface area contributed by atoms with Gasteiger partial charge >= 0.3 is 5.97 Å². The summed E-state index contributed by atoms with van der Waals surface area (Å²) in [5.74, 6) is -1.86. The highest BCUT2D eigenvalue weighted by Gasteiger charge is 2.25. The molecule has 0 bridgehead atoms. The summed E-state index contributed by atoms with van der Waals surface area (Å²) in [5, 5.41) is 10.8. The van der Waals surface area contributed by atoms with Gasteiger partial charge in [-0.2, -0.15) is 5.16 Å². The molecular formula is C7H10N2O4. The van der Waals surface area contributed by atoms with Crippen molar-refractivity contribution >= 4 is 5.97 Å². The average molecular weight is 186 g/mol. The van der Waals surface area contributed by atoms with Crippen molar-refractivity contribution in [1.82, 2.24) is 5.16 Å². The number of aromatic nitrogens is 1. The number of nitrogens with one attached hydrogen (secondary N) is 1. The summed E-state index contributed by atoms with van der Waals surface area (Å²) < 4.78 is 4.67. The van der Waals surface area contributed by atoms with E-state index in [0.717, 1.165) is 0 Å². The van der Waals surface area contributed by atoms with E-state index in [4.69, 9.17) is 10.8 Å². The topological polar surface area (TPSA) is 109 Å². The molecule has 13 heavy (non-hydrogen) atoms. The highest BCUT2D eigenvalue weighted by Crippen LogP contribution is 2.14. The van der Waals surface area contributed by atoms with Crippen LogP contribution in [0.1, 0.15) is 17.2 Å². The number of nitrogens with two attached hydrogens (primary N) is 1. The fourth-order valence-corrected chi connectivity index (χ4v) is 1.14. The molecule has 0 aromatic carbocycles. The number of rotatable bonds is 3. The van der Waals surface area contributed by atoms with Gasteiger partial charge in [0.25, 0.3) is 5.56 Å². The molecule has 6 nitrogen and oxygen atoms in total. The van der Waals surface area contributed by atoms with Gasteiger partial charge in [0.05, 0.1) is 5.56 Å². The van der Waals surface area contributed by atoms with Gasteiger partial charge in [0.1, 0.15) is 11.7 Å². The molecule has 0 radical (unpaired) electrons. The second kappa shape index (κ2) is 3.44. The molecule has 1 atom stereocenters. The van der Waals surface area contributed by atoms with Gasteiger partial charge in [-0.15, -0.1) is 0 Å². The Morgan fingerprint density at radius 2 is 2.38 bits per heavy atom. The van der Waals surface area contributed by atoms with E-state index in [2.05, 4.69) is 9.68 Å². The summed E-state index contributed by atoms with van der Waals surface area (Å²) in [6.07, 6.45) is 0. The number of H-pyrrole nitrogens is 1. The summed E-state index contributed by atoms with van der Waals surface area (Å²) in [5.41, 5.74) is 4.79. The third-order valence-corrected chi connectivity index (χ3v) is 1.80. The number of carboxylic acids is 1. The lowest BCUT2D eigenvalue weighted by Gasteiger charge is -2.05. The Hall–Kier alpha value is -1.56. The van der Waals surface area contributed by atoms with Gasteiger partial charge in [-0.25, -0.2) is 0 Å². The largest absolute Gasteiger partial charge is 0.481 e. The summed E-state index contributed by atoms with van der Waals surface area (Å²) >= 11 is 0. The number of aliphatic carboxylic acids is 1. The van der Waals surface area contributed by atoms with Crippen LogP contribution in [-0.2, 0) is 4.79 Å². The van der Waals surface area contributed by atoms with E-state index in [9.17, 15) is 9.59 Å². The maximum atomic E-state index is 11.1. The van der Waals surface area contributed by atoms with Crippen LogP contribution in [0.25, 0.3) is 0 Å². The van der Waals surface area contributed by atoms with Crippen molar-refractivity contribution < 1.29 is 14.4 Å². The quantitative estimate of drug-likeness (QED) is 0.584. The molecule has 1 unspecified atom stereocenters. The highest BCUT2D eigenvalue weighted by molar-refractivity contribution is 5.76. The third kappa shape index (κ3) is 1.62. The molecule has 0 saturated heterocycles. The molecule has 1 rings (SSSR count). The summed E-state index contributed by atoms with van der Waals surface area (Å²) in [6, 6.07) is 0. The lowest BCUT2D eigenvalue weighted by atomic mass is 10.0. The maximum absolute atomic E-state index is 11.1. The minimum atomic E-state index is -1.13. The van der Waals surface area contributed by atoms with Crippen LogP contribution in [0, 0.1) is 6.92 Å². The Kier molecular flexibility index (Phi) is 2.52. The molecule has 1 aromatic rings. The normalized spacial score (nSPS) is 12.8. The van der Waals surface area contributed by atoms with Crippen LogP contribution in [0.2, 0.25) is 0 Å². The van der Waals surface area contributed by atoms with Crippen molar-refractivity contribution in [2.45, 2.75) is 12.8 Å². The fourth-order valence-electron chi connectivity index (χ4n) is 1.14. The molecular weight excluding hydrogens is 176 g/mol. The predicted molar refractivity (Wildman–Crippen MR) is 43.5 cm³/mol. The van der Waals surface area contributed by atoms with Gasteiger partial charge in [0.2, 0.25) is 0 Å². The summed E-state index contributed by atoms with van der Waals surface area (Å²) in [7, 11) is 0. The number of hydrogen-bond acceptors (Lipinski definition) is 4. The first-order valence-electron chi connectivity index (χ1n) is 3.68. The van der Waals surface area contributed by atoms with Crippen LogP contribution < -0.4 is 11.3 Å². The van der Waals surface area contributed by atoms with Crippen molar-refractivity contribution in [3.05, 3.63) is 21.7 Å². The molecule has 4 N–H and O–H groups in total. The molecule has 0 aliphatic carbocycles. The third-order valence-electron chi connectivity index (χ3n) is 1.80. The molecule has 0 fully saturated rings. The van der Waals surface area contributed by atoms with E-state index in [0.29, 0.717) is 0 Å². The SMILES string of the molecule is Cc1o[nH]c(=O)c1C(CN)C(=O)O. The van der Waals surface area contributed by atoms with E-state index in [1.807, 2.05) is 0 Å². The molecule has 1 aromatic heterocycles. The number of aryl methyl sites for hydroxylation is 1. The first-order chi connectivity index (χ1) is 6.07. The smallest absolute Gasteiger partial charge is 0.312 e. The van der Waals surface area contributed by atoms with Crippen molar-refractivity contribution in [2.24, 2.45) is 5.73 Å². The van der Waals surface area contributed by atoms with Crippen LogP contribution >= 0.6 is 0 Å². The summed E-state index contributed by atoms with van der Waals surface area (Å²) in [6.45, 7) is 1.39. The van der Waals surface area contributed by atoms with Crippen molar-refractivity contribution in [1.29, 1.82) is 0 Å². The number of carbonyl (C=O) groups is 1. The standard InChI is InChI=1S/C7H10N2O4/c1-3-5(6(10)9-13-3)4(2-8)7(11)12/h4H,2,8H2,1H3,(H,9,10)(H,11,12). The zero-order valence-electron chi connectivity index (χ0n) is 7.03. The number of aromatic amines is 1. The Morgan fingerprint density at radius 3 is 2.69 bits per heavy atom. The molecule has 6 heteroatoms. The average Bonchev–Trinajstić information content (AvgIpc) is 2.36. The summed E-state index contributed by atoms with van der Waals surface area (Å²) in [4.78, 5) is 21.7. The van der Waals surface area contributed by atoms with Crippen molar-refractivity contribution in [2.75, 3.05) is 6.54 Å². The van der Waals surface area contributed by atoms with Gasteiger partial charge in [-0.3, -0.25) is 9.59 Å². The first-order valence-corrected chi connectivity index (χ1v) is 3.68. The first kappa shape index (κ1) is 9.53. The van der Waals surface area contributed by atoms with E-state index < -0.39 is 17.4 Å². The maximum Gasteiger partial charge on any atom is 0.312 e. The fraction of sp³-hybridized carbons (Fsp3) is 0.429. The van der Waals surface area contributed by atoms with Gasteiger partial charge in [0, 0.05) is 6.54 Å². The van der Waals surface area contributed by atoms with E-state index in [1.54, 1.807) is 0 Å². The van der Waals surface area contributed by atoms with Crippen molar-refractivity contribution in [3.63, 3.8) is 0 Å². The van der Waals surface area contributed by atoms with Crippen LogP contribution in [0.5, 0.6) is 0 Å². The number of hydrogen-bond donors (Lipinski definition) is 3. The van der Waals surface area contributed by atoms with Gasteiger partial charge < -0.3 is 15.4 Å². The Bertz CT molecular complexity index is 365. The minimum absolute atomic E-state index is 0.0926. The lowest BCUT2D eigenvalue weighted by Crippen LogP contribution is -2.26. The molecule has 0 saturated carbocycles. The van der Waals surface area contributed by atoms with Gasteiger partial charge in [-0.1, -0.05) is 0 Å². The lowest BCUT2D eigenvalue weighted by molar-refractivity contribution is -0.138. The van der Waals surface area contributed by atoms with Gasteiger partial charge in [0.15, 0.2) is 0 Å². The molecule has 72 valence electrons. The van der Waals surface area contributed by atoms with Crippen LogP contribution in [0.15, 0.2) is 9.32 Å². The molecule has 0 amide bonds. The molecule has 0 aliphatic rings. The number of carboxylic acid groups (broad SMARTS) is 1. The van der Waals surface area contributed by atoms with Gasteiger partial charge in [-0.05, 0) is 6.92 Å². The molecule has 1 heterocycles. The second-order valence-corrected chi connectivity index (χ2v) is 2.63. The molecule has 0 spiro atoms. The Balaban J connectivity index is 3.18. The predicted octanol–water partition coefficient (Wildman–Crippen LogP) is -0.597. The Morgan fingerprint density at radius 1 is 1.77 bits per heavy atom. The second-order valence-electron chi connectivity index (χ2n) is 2.63. The van der Waals surface area contributed by atoms with E-state index in [-0.39, 0.29) is 17.9 Å². The molecule has 0 aliphatic heterocycles. The zero-order chi connectivity index (χ0) is 10.0. The van der Waals surface area contributed by atoms with Crippen LogP contribution in [0.4, 0.5) is 0 Å². The minimum Gasteiger partial charge on any atom is -0.481 e. The van der Waals surface area contributed by atoms with E-state index in [1.165, 1.54) is 6.92 Å². The van der Waals surface area contributed by atoms with Crippen LogP contribution in [-0.4, -0.2) is 22.8 Å². The van der Waals surface area contributed by atoms with E-state index >= 15 is 0 Å². The van der Waals surface area contributed by atoms with Crippen molar-refractivity contribution in [3.8, 4) is 0 Å². The monoisotopic (exact) mass is 186 g/mol. The highest BCUT2D eigenvalue weighted by atomic mass is 16.5. The Labute approximate surface area is 73.3 Å².